The molecule has 2 rings (SSSR count). The van der Waals surface area contributed by atoms with Gasteiger partial charge in [-0.3, -0.25) is 10.1 Å². The van der Waals surface area contributed by atoms with Crippen LogP contribution in [0.1, 0.15) is 22.3 Å². The Labute approximate surface area is 115 Å². The van der Waals surface area contributed by atoms with Crippen molar-refractivity contribution in [3.05, 3.63) is 39.1 Å². The number of carbonyl (C=O) groups is 1. The number of halogens is 2. The van der Waals surface area contributed by atoms with Gasteiger partial charge in [-0.25, -0.2) is 4.39 Å². The van der Waals surface area contributed by atoms with Gasteiger partial charge in [-0.2, -0.15) is 0 Å². The molecule has 0 bridgehead atoms. The summed E-state index contributed by atoms with van der Waals surface area (Å²) in [5.41, 5.74) is 0.225. The van der Waals surface area contributed by atoms with Crippen molar-refractivity contribution < 1.29 is 9.18 Å². The highest BCUT2D eigenvalue weighted by atomic mass is 79.9. The fourth-order valence-electron chi connectivity index (χ4n) is 1.29. The molecule has 0 spiro atoms. The number of nitrogens with zero attached hydrogens (tertiary/aromatic N) is 2. The van der Waals surface area contributed by atoms with Crippen molar-refractivity contribution in [1.82, 2.24) is 10.2 Å². The summed E-state index contributed by atoms with van der Waals surface area (Å²) in [6.45, 7) is 1.95. The van der Waals surface area contributed by atoms with E-state index in [-0.39, 0.29) is 10.0 Å². The van der Waals surface area contributed by atoms with Gasteiger partial charge in [0.2, 0.25) is 5.13 Å². The lowest BCUT2D eigenvalue weighted by Crippen LogP contribution is -2.12. The molecule has 0 radical (unpaired) electrons. The molecule has 4 nitrogen and oxygen atoms in total. The second-order valence-corrected chi connectivity index (χ2v) is 5.27. The number of benzene rings is 1. The van der Waals surface area contributed by atoms with Gasteiger partial charge in [0.15, 0.2) is 0 Å². The van der Waals surface area contributed by atoms with Crippen LogP contribution in [-0.4, -0.2) is 16.1 Å². The van der Waals surface area contributed by atoms with Gasteiger partial charge >= 0.3 is 0 Å². The number of carbonyl (C=O) groups excluding carboxylic acids is 1. The van der Waals surface area contributed by atoms with Gasteiger partial charge in [-0.05, 0) is 34.5 Å². The van der Waals surface area contributed by atoms with Crippen molar-refractivity contribution in [3.63, 3.8) is 0 Å². The molecule has 0 aliphatic heterocycles. The lowest BCUT2D eigenvalue weighted by molar-refractivity contribution is 0.102. The number of nitrogens with one attached hydrogen (secondary N) is 1. The molecule has 94 valence electrons. The minimum atomic E-state index is -0.478. The van der Waals surface area contributed by atoms with Crippen LogP contribution in [0.4, 0.5) is 9.52 Å². The Bertz CT molecular complexity index is 587. The molecule has 0 unspecified atom stereocenters. The van der Waals surface area contributed by atoms with Gasteiger partial charge in [0.25, 0.3) is 5.91 Å². The number of anilines is 1. The largest absolute Gasteiger partial charge is 0.296 e. The number of hydrogen-bond donors (Lipinski definition) is 1. The summed E-state index contributed by atoms with van der Waals surface area (Å²) >= 11 is 4.35. The Hall–Kier alpha value is -1.34. The topological polar surface area (TPSA) is 54.9 Å². The van der Waals surface area contributed by atoms with Crippen LogP contribution in [0.3, 0.4) is 0 Å². The minimum Gasteiger partial charge on any atom is -0.296 e. The average Bonchev–Trinajstić information content (AvgIpc) is 2.80. The lowest BCUT2D eigenvalue weighted by Gasteiger charge is -2.04. The highest BCUT2D eigenvalue weighted by Crippen LogP contribution is 2.22. The van der Waals surface area contributed by atoms with Crippen molar-refractivity contribution in [1.29, 1.82) is 0 Å². The van der Waals surface area contributed by atoms with Crippen molar-refractivity contribution >= 4 is 38.3 Å². The van der Waals surface area contributed by atoms with Crippen LogP contribution in [0.2, 0.25) is 0 Å². The zero-order valence-electron chi connectivity index (χ0n) is 9.41. The van der Waals surface area contributed by atoms with Crippen LogP contribution in [0, 0.1) is 5.82 Å². The summed E-state index contributed by atoms with van der Waals surface area (Å²) in [6, 6.07) is 4.29. The Kier molecular flexibility index (Phi) is 4.03. The first-order valence-corrected chi connectivity index (χ1v) is 6.80. The van der Waals surface area contributed by atoms with E-state index in [4.69, 9.17) is 0 Å². The van der Waals surface area contributed by atoms with E-state index in [1.54, 1.807) is 0 Å². The maximum atomic E-state index is 13.3. The predicted molar refractivity (Wildman–Crippen MR) is 71.3 cm³/mol. The molecule has 1 heterocycles. The molecular weight excluding hydrogens is 321 g/mol. The first kappa shape index (κ1) is 13.1. The first-order valence-electron chi connectivity index (χ1n) is 5.19. The van der Waals surface area contributed by atoms with Gasteiger partial charge in [0.1, 0.15) is 10.8 Å². The second-order valence-electron chi connectivity index (χ2n) is 3.41. The normalized spacial score (nSPS) is 10.4. The molecule has 0 saturated carbocycles. The predicted octanol–water partition coefficient (Wildman–Crippen LogP) is 3.25. The van der Waals surface area contributed by atoms with E-state index in [0.717, 1.165) is 11.4 Å². The monoisotopic (exact) mass is 329 g/mol. The Balaban J connectivity index is 2.19. The SMILES string of the molecule is CCc1nnc(NC(=O)c2cccc(F)c2Br)s1. The second kappa shape index (κ2) is 5.53. The van der Waals surface area contributed by atoms with Crippen LogP contribution in [-0.2, 0) is 6.42 Å². The summed E-state index contributed by atoms with van der Waals surface area (Å²) < 4.78 is 13.4. The quantitative estimate of drug-likeness (QED) is 0.940. The molecule has 18 heavy (non-hydrogen) atoms. The van der Waals surface area contributed by atoms with E-state index >= 15 is 0 Å². The fraction of sp³-hybridized carbons (Fsp3) is 0.182. The molecule has 1 N–H and O–H groups in total. The maximum Gasteiger partial charge on any atom is 0.258 e. The number of aromatic nitrogens is 2. The molecule has 1 aromatic carbocycles. The lowest BCUT2D eigenvalue weighted by atomic mass is 10.2. The third-order valence-electron chi connectivity index (χ3n) is 2.19. The van der Waals surface area contributed by atoms with Gasteiger partial charge in [-0.15, -0.1) is 10.2 Å². The Morgan fingerprint density at radius 1 is 1.50 bits per heavy atom. The van der Waals surface area contributed by atoms with Crippen LogP contribution >= 0.6 is 27.3 Å². The number of aryl methyl sites for hydroxylation is 1. The van der Waals surface area contributed by atoms with Crippen LogP contribution < -0.4 is 5.32 Å². The molecule has 0 saturated heterocycles. The van der Waals surface area contributed by atoms with E-state index in [9.17, 15) is 9.18 Å². The first-order chi connectivity index (χ1) is 8.61. The third-order valence-corrected chi connectivity index (χ3v) is 3.97. The smallest absolute Gasteiger partial charge is 0.258 e. The van der Waals surface area contributed by atoms with E-state index in [1.165, 1.54) is 29.5 Å². The van der Waals surface area contributed by atoms with Crippen LogP contribution in [0.5, 0.6) is 0 Å². The minimum absolute atomic E-state index is 0.141. The van der Waals surface area contributed by atoms with Gasteiger partial charge in [-0.1, -0.05) is 24.3 Å². The van der Waals surface area contributed by atoms with E-state index in [2.05, 4.69) is 31.4 Å². The average molecular weight is 330 g/mol. The summed E-state index contributed by atoms with van der Waals surface area (Å²) in [6.07, 6.45) is 0.761. The van der Waals surface area contributed by atoms with Crippen molar-refractivity contribution in [2.24, 2.45) is 0 Å². The summed E-state index contributed by atoms with van der Waals surface area (Å²) in [7, 11) is 0. The molecular formula is C11H9BrFN3OS. The molecule has 0 aliphatic rings. The van der Waals surface area contributed by atoms with Crippen molar-refractivity contribution in [3.8, 4) is 0 Å². The molecule has 7 heteroatoms. The fourth-order valence-corrected chi connectivity index (χ4v) is 2.41. The summed E-state index contributed by atoms with van der Waals surface area (Å²) in [4.78, 5) is 11.9. The Morgan fingerprint density at radius 3 is 2.94 bits per heavy atom. The van der Waals surface area contributed by atoms with E-state index in [1.807, 2.05) is 6.92 Å². The van der Waals surface area contributed by atoms with Crippen LogP contribution in [0.15, 0.2) is 22.7 Å². The van der Waals surface area contributed by atoms with Gasteiger partial charge in [0.05, 0.1) is 10.0 Å². The van der Waals surface area contributed by atoms with Gasteiger partial charge < -0.3 is 0 Å². The highest BCUT2D eigenvalue weighted by Gasteiger charge is 2.14. The summed E-state index contributed by atoms with van der Waals surface area (Å²) in [5.74, 6) is -0.894. The molecule has 0 atom stereocenters. The van der Waals surface area contributed by atoms with Gasteiger partial charge in [0, 0.05) is 0 Å². The third kappa shape index (κ3) is 2.73. The molecule has 0 fully saturated rings. The van der Waals surface area contributed by atoms with E-state index in [0.29, 0.717) is 5.13 Å². The number of amides is 1. The maximum absolute atomic E-state index is 13.3. The number of hydrogen-bond acceptors (Lipinski definition) is 4. The van der Waals surface area contributed by atoms with Crippen molar-refractivity contribution in [2.45, 2.75) is 13.3 Å². The molecule has 2 aromatic rings. The van der Waals surface area contributed by atoms with Crippen molar-refractivity contribution in [2.75, 3.05) is 5.32 Å². The zero-order chi connectivity index (χ0) is 13.1. The molecule has 1 aromatic heterocycles. The molecule has 1 amide bonds. The molecule has 0 aliphatic carbocycles. The Morgan fingerprint density at radius 2 is 2.28 bits per heavy atom. The van der Waals surface area contributed by atoms with E-state index < -0.39 is 11.7 Å². The standard InChI is InChI=1S/C11H9BrFN3OS/c1-2-8-15-16-11(18-8)14-10(17)6-4-3-5-7(13)9(6)12/h3-5H,2H2,1H3,(H,14,16,17). The number of rotatable bonds is 3. The summed E-state index contributed by atoms with van der Waals surface area (Å²) in [5, 5.41) is 11.6. The zero-order valence-corrected chi connectivity index (χ0v) is 11.8. The highest BCUT2D eigenvalue weighted by molar-refractivity contribution is 9.10. The van der Waals surface area contributed by atoms with Crippen LogP contribution in [0.25, 0.3) is 0 Å².